The van der Waals surface area contributed by atoms with E-state index in [2.05, 4.69) is 10.2 Å². The van der Waals surface area contributed by atoms with Gasteiger partial charge >= 0.3 is 5.97 Å². The summed E-state index contributed by atoms with van der Waals surface area (Å²) in [6.45, 7) is 11.1. The molecule has 1 aliphatic carbocycles. The van der Waals surface area contributed by atoms with Crippen molar-refractivity contribution in [1.82, 2.24) is 20.0 Å². The second-order valence-corrected chi connectivity index (χ2v) is 13.1. The highest BCUT2D eigenvalue weighted by molar-refractivity contribution is 5.96. The van der Waals surface area contributed by atoms with Crippen LogP contribution in [0.5, 0.6) is 0 Å². The van der Waals surface area contributed by atoms with Crippen LogP contribution < -0.4 is 5.32 Å². The summed E-state index contributed by atoms with van der Waals surface area (Å²) in [5, 5.41) is 3.04. The number of nitrogens with one attached hydrogen (secondary N) is 1. The van der Waals surface area contributed by atoms with E-state index in [1.807, 2.05) is 40.8 Å². The van der Waals surface area contributed by atoms with E-state index in [4.69, 9.17) is 4.74 Å². The van der Waals surface area contributed by atoms with Crippen LogP contribution in [0.25, 0.3) is 0 Å². The van der Waals surface area contributed by atoms with Gasteiger partial charge in [-0.05, 0) is 83.7 Å². The summed E-state index contributed by atoms with van der Waals surface area (Å²) in [7, 11) is 3.71. The van der Waals surface area contributed by atoms with E-state index in [1.54, 1.807) is 23.8 Å². The van der Waals surface area contributed by atoms with Crippen LogP contribution in [0, 0.1) is 11.8 Å². The van der Waals surface area contributed by atoms with Gasteiger partial charge in [-0.1, -0.05) is 46.6 Å². The number of hydrogen-bond acceptors (Lipinski definition) is 6. The summed E-state index contributed by atoms with van der Waals surface area (Å²) in [4.78, 5) is 58.9. The normalized spacial score (nSPS) is 24.3. The van der Waals surface area contributed by atoms with Crippen molar-refractivity contribution in [2.75, 3.05) is 27.2 Å². The number of ether oxygens (including phenoxy) is 1. The number of likely N-dealkylation sites (tertiary alicyclic amines) is 2. The maximum absolute atomic E-state index is 13.8. The zero-order valence-corrected chi connectivity index (χ0v) is 26.5. The van der Waals surface area contributed by atoms with Crippen molar-refractivity contribution in [1.29, 1.82) is 0 Å². The number of rotatable bonds is 10. The topological polar surface area (TPSA) is 99.3 Å². The maximum atomic E-state index is 13.8. The molecule has 0 radical (unpaired) electrons. The van der Waals surface area contributed by atoms with Gasteiger partial charge < -0.3 is 19.9 Å². The minimum atomic E-state index is -0.661. The van der Waals surface area contributed by atoms with Gasteiger partial charge in [-0.15, -0.1) is 0 Å². The second kappa shape index (κ2) is 15.2. The number of nitrogens with zero attached hydrogens (tertiary/aromatic N) is 3. The molecule has 3 amide bonds. The number of carbonyl (C=O) groups excluding carboxylic acids is 4. The van der Waals surface area contributed by atoms with Crippen molar-refractivity contribution in [2.45, 2.75) is 129 Å². The molecule has 4 atom stereocenters. The molecule has 9 nitrogen and oxygen atoms in total. The Labute approximate surface area is 247 Å². The van der Waals surface area contributed by atoms with Crippen molar-refractivity contribution in [3.63, 3.8) is 0 Å². The molecule has 3 aliphatic rings. The number of likely N-dealkylation sites (N-methyl/N-ethyl adjacent to an activating group) is 2. The van der Waals surface area contributed by atoms with Gasteiger partial charge in [-0.2, -0.15) is 0 Å². The number of amides is 3. The molecule has 0 aromatic heterocycles. The number of carbonyl (C=O) groups is 4. The lowest BCUT2D eigenvalue weighted by molar-refractivity contribution is -0.158. The van der Waals surface area contributed by atoms with Crippen molar-refractivity contribution in [3.8, 4) is 0 Å². The zero-order chi connectivity index (χ0) is 30.3. The highest BCUT2D eigenvalue weighted by Gasteiger charge is 2.38. The van der Waals surface area contributed by atoms with E-state index >= 15 is 0 Å². The first kappa shape index (κ1) is 33.1. The molecule has 0 unspecified atom stereocenters. The molecule has 2 heterocycles. The smallest absolute Gasteiger partial charge is 0.329 e. The van der Waals surface area contributed by atoms with Gasteiger partial charge in [-0.3, -0.25) is 19.3 Å². The summed E-state index contributed by atoms with van der Waals surface area (Å²) in [5.74, 6) is -0.808. The minimum Gasteiger partial charge on any atom is -0.461 e. The van der Waals surface area contributed by atoms with Crippen molar-refractivity contribution in [3.05, 3.63) is 11.6 Å². The fourth-order valence-corrected chi connectivity index (χ4v) is 6.52. The van der Waals surface area contributed by atoms with Crippen LogP contribution in [0.1, 0.15) is 98.8 Å². The fraction of sp³-hybridized carbons (Fsp3) is 0.812. The summed E-state index contributed by atoms with van der Waals surface area (Å²) < 4.78 is 5.81. The van der Waals surface area contributed by atoms with E-state index < -0.39 is 12.1 Å². The van der Waals surface area contributed by atoms with Crippen LogP contribution in [0.15, 0.2) is 11.6 Å². The van der Waals surface area contributed by atoms with Gasteiger partial charge in [0.25, 0.3) is 0 Å². The molecule has 3 rings (SSSR count). The Bertz CT molecular complexity index is 958. The first-order chi connectivity index (χ1) is 19.4. The SMILES string of the molecule is C/C(=C\[C@H](C(C)C)N(C)C(=O)[C@@H](NC(=O)[C@H]1CCCCN1C)C(C)C)C(=O)N1CCC[C@H]1C(=O)OC1CCCCC1. The van der Waals surface area contributed by atoms with Crippen molar-refractivity contribution in [2.24, 2.45) is 11.8 Å². The highest BCUT2D eigenvalue weighted by Crippen LogP contribution is 2.26. The summed E-state index contributed by atoms with van der Waals surface area (Å²) in [6.07, 6.45) is 11.2. The summed E-state index contributed by atoms with van der Waals surface area (Å²) >= 11 is 0. The van der Waals surface area contributed by atoms with Crippen LogP contribution >= 0.6 is 0 Å². The first-order valence-corrected chi connectivity index (χ1v) is 15.9. The predicted octanol–water partition coefficient (Wildman–Crippen LogP) is 3.91. The van der Waals surface area contributed by atoms with Crippen molar-refractivity contribution >= 4 is 23.7 Å². The summed E-state index contributed by atoms with van der Waals surface area (Å²) in [5.41, 5.74) is 0.509. The zero-order valence-electron chi connectivity index (χ0n) is 26.5. The Kier molecular flexibility index (Phi) is 12.2. The van der Waals surface area contributed by atoms with Crippen LogP contribution in [-0.4, -0.2) is 95.8 Å². The van der Waals surface area contributed by atoms with Crippen LogP contribution in [0.2, 0.25) is 0 Å². The maximum Gasteiger partial charge on any atom is 0.329 e. The third kappa shape index (κ3) is 8.55. The van der Waals surface area contributed by atoms with E-state index in [1.165, 1.54) is 6.42 Å². The lowest BCUT2D eigenvalue weighted by Gasteiger charge is -2.36. The molecule has 1 saturated carbocycles. The monoisotopic (exact) mass is 574 g/mol. The average Bonchev–Trinajstić information content (AvgIpc) is 3.44. The average molecular weight is 575 g/mol. The minimum absolute atomic E-state index is 0.0327. The third-order valence-electron chi connectivity index (χ3n) is 9.16. The largest absolute Gasteiger partial charge is 0.461 e. The third-order valence-corrected chi connectivity index (χ3v) is 9.16. The van der Waals surface area contributed by atoms with Gasteiger partial charge in [0.2, 0.25) is 17.7 Å². The molecule has 2 saturated heterocycles. The first-order valence-electron chi connectivity index (χ1n) is 15.9. The van der Waals surface area contributed by atoms with E-state index in [-0.39, 0.29) is 53.7 Å². The van der Waals surface area contributed by atoms with E-state index in [0.717, 1.165) is 57.9 Å². The molecule has 41 heavy (non-hydrogen) atoms. The molecule has 232 valence electrons. The van der Waals surface area contributed by atoms with Crippen LogP contribution in [0.4, 0.5) is 0 Å². The van der Waals surface area contributed by atoms with Gasteiger partial charge in [0.05, 0.1) is 12.1 Å². The van der Waals surface area contributed by atoms with Crippen LogP contribution in [-0.2, 0) is 23.9 Å². The molecule has 2 aliphatic heterocycles. The number of hydrogen-bond donors (Lipinski definition) is 1. The van der Waals surface area contributed by atoms with E-state index in [9.17, 15) is 19.2 Å². The van der Waals surface area contributed by atoms with Gasteiger partial charge in [0, 0.05) is 19.2 Å². The fourth-order valence-electron chi connectivity index (χ4n) is 6.52. The molecule has 9 heteroatoms. The highest BCUT2D eigenvalue weighted by atomic mass is 16.5. The lowest BCUT2D eigenvalue weighted by atomic mass is 9.96. The number of esters is 1. The van der Waals surface area contributed by atoms with Crippen molar-refractivity contribution < 1.29 is 23.9 Å². The Morgan fingerprint density at radius 3 is 2.10 bits per heavy atom. The Hall–Kier alpha value is -2.42. The van der Waals surface area contributed by atoms with Crippen LogP contribution in [0.3, 0.4) is 0 Å². The molecule has 3 fully saturated rings. The van der Waals surface area contributed by atoms with E-state index in [0.29, 0.717) is 18.5 Å². The predicted molar refractivity (Wildman–Crippen MR) is 160 cm³/mol. The quantitative estimate of drug-likeness (QED) is 0.314. The standard InChI is InChI=1S/C32H54N4O5/c1-21(2)27(35(7)31(39)28(22(3)4)33-29(37)25-16-11-12-18-34(25)6)20-23(5)30(38)36-19-13-17-26(36)32(40)41-24-14-9-8-10-15-24/h20-22,24-28H,8-19H2,1-7H3,(H,33,37)/b23-20+/t25-,26+,27-,28+/m1/s1. The second-order valence-electron chi connectivity index (χ2n) is 13.1. The lowest BCUT2D eigenvalue weighted by Crippen LogP contribution is -2.57. The molecular weight excluding hydrogens is 520 g/mol. The molecule has 1 N–H and O–H groups in total. The molecule has 0 bridgehead atoms. The van der Waals surface area contributed by atoms with Gasteiger partial charge in [0.1, 0.15) is 18.2 Å². The van der Waals surface area contributed by atoms with Gasteiger partial charge in [-0.25, -0.2) is 4.79 Å². The Morgan fingerprint density at radius 1 is 0.854 bits per heavy atom. The number of piperidine rings is 1. The Balaban J connectivity index is 1.70. The molecule has 0 spiro atoms. The van der Waals surface area contributed by atoms with Gasteiger partial charge in [0.15, 0.2) is 0 Å². The Morgan fingerprint density at radius 2 is 1.49 bits per heavy atom. The summed E-state index contributed by atoms with van der Waals surface area (Å²) in [6, 6.07) is -1.78. The molecule has 0 aromatic rings. The molecular formula is C32H54N4O5. The molecule has 0 aromatic carbocycles.